The van der Waals surface area contributed by atoms with Gasteiger partial charge in [-0.3, -0.25) is 0 Å². The summed E-state index contributed by atoms with van der Waals surface area (Å²) in [6.07, 6.45) is 0. The number of carbonyl (C=O) groups excluding carboxylic acids is 1. The van der Waals surface area contributed by atoms with Crippen LogP contribution in [0.2, 0.25) is 5.02 Å². The first-order valence-corrected chi connectivity index (χ1v) is 5.69. The summed E-state index contributed by atoms with van der Waals surface area (Å²) in [5.41, 5.74) is -0.0807. The number of benzene rings is 1. The number of amides is 2. The Morgan fingerprint density at radius 2 is 1.94 bits per heavy atom. The van der Waals surface area contributed by atoms with E-state index in [0.717, 1.165) is 5.56 Å². The lowest BCUT2D eigenvalue weighted by Crippen LogP contribution is -2.51. The molecule has 0 fully saturated rings. The van der Waals surface area contributed by atoms with Gasteiger partial charge in [-0.2, -0.15) is 0 Å². The maximum Gasteiger partial charge on any atom is 0.328 e. The molecule has 6 heteroatoms. The number of rotatable bonds is 3. The first-order chi connectivity index (χ1) is 8.24. The molecule has 1 aromatic rings. The lowest BCUT2D eigenvalue weighted by Gasteiger charge is -2.21. The van der Waals surface area contributed by atoms with Crippen LogP contribution in [0, 0.1) is 6.92 Å². The molecule has 0 bridgehead atoms. The van der Waals surface area contributed by atoms with Crippen molar-refractivity contribution in [2.45, 2.75) is 26.3 Å². The summed E-state index contributed by atoms with van der Waals surface area (Å²) in [5, 5.41) is 14.2. The molecule has 0 aromatic heterocycles. The van der Waals surface area contributed by atoms with Crippen molar-refractivity contribution >= 4 is 29.3 Å². The highest BCUT2D eigenvalue weighted by Crippen LogP contribution is 2.25. The van der Waals surface area contributed by atoms with Gasteiger partial charge in [0.05, 0.1) is 10.7 Å². The van der Waals surface area contributed by atoms with E-state index in [4.69, 9.17) is 16.7 Å². The number of carboxylic acids is 1. The predicted octanol–water partition coefficient (Wildman–Crippen LogP) is 2.63. The largest absolute Gasteiger partial charge is 0.480 e. The highest BCUT2D eigenvalue weighted by molar-refractivity contribution is 6.33. The lowest BCUT2D eigenvalue weighted by atomic mass is 10.1. The van der Waals surface area contributed by atoms with E-state index < -0.39 is 17.5 Å². The molecule has 98 valence electrons. The van der Waals surface area contributed by atoms with Crippen LogP contribution in [0.1, 0.15) is 19.4 Å². The fraction of sp³-hybridized carbons (Fsp3) is 0.333. The van der Waals surface area contributed by atoms with Crippen molar-refractivity contribution in [3.63, 3.8) is 0 Å². The average Bonchev–Trinajstić information content (AvgIpc) is 2.22. The van der Waals surface area contributed by atoms with Crippen molar-refractivity contribution < 1.29 is 14.7 Å². The van der Waals surface area contributed by atoms with Crippen LogP contribution in [-0.4, -0.2) is 22.6 Å². The average molecular weight is 271 g/mol. The van der Waals surface area contributed by atoms with Crippen LogP contribution in [0.5, 0.6) is 0 Å². The van der Waals surface area contributed by atoms with E-state index in [-0.39, 0.29) is 0 Å². The van der Waals surface area contributed by atoms with Crippen molar-refractivity contribution in [3.8, 4) is 0 Å². The summed E-state index contributed by atoms with van der Waals surface area (Å²) in [5.74, 6) is -1.12. The van der Waals surface area contributed by atoms with Gasteiger partial charge in [-0.25, -0.2) is 9.59 Å². The first-order valence-electron chi connectivity index (χ1n) is 5.31. The van der Waals surface area contributed by atoms with Gasteiger partial charge in [0.2, 0.25) is 0 Å². The fourth-order valence-electron chi connectivity index (χ4n) is 1.27. The highest BCUT2D eigenvalue weighted by Gasteiger charge is 2.29. The number of aryl methyl sites for hydroxylation is 1. The Kier molecular flexibility index (Phi) is 4.19. The molecule has 0 atom stereocenters. The normalized spacial score (nSPS) is 10.9. The second-order valence-corrected chi connectivity index (χ2v) is 4.85. The van der Waals surface area contributed by atoms with E-state index in [2.05, 4.69) is 10.6 Å². The molecule has 0 radical (unpaired) electrons. The number of para-hydroxylation sites is 1. The molecule has 0 saturated heterocycles. The molecule has 0 saturated carbocycles. The van der Waals surface area contributed by atoms with Gasteiger partial charge in [0, 0.05) is 0 Å². The Morgan fingerprint density at radius 1 is 1.33 bits per heavy atom. The summed E-state index contributed by atoms with van der Waals surface area (Å²) in [4.78, 5) is 22.6. The van der Waals surface area contributed by atoms with Gasteiger partial charge in [-0.15, -0.1) is 0 Å². The third kappa shape index (κ3) is 3.37. The Labute approximate surface area is 110 Å². The van der Waals surface area contributed by atoms with Crippen LogP contribution in [0.4, 0.5) is 10.5 Å². The van der Waals surface area contributed by atoms with Gasteiger partial charge in [0.25, 0.3) is 0 Å². The molecule has 2 amide bonds. The number of hydrogen-bond acceptors (Lipinski definition) is 2. The molecule has 0 spiro atoms. The molecule has 1 rings (SSSR count). The van der Waals surface area contributed by atoms with E-state index in [1.807, 2.05) is 0 Å². The van der Waals surface area contributed by atoms with Gasteiger partial charge in [0.1, 0.15) is 5.54 Å². The Balaban J connectivity index is 2.80. The van der Waals surface area contributed by atoms with Crippen LogP contribution < -0.4 is 10.6 Å². The van der Waals surface area contributed by atoms with Crippen molar-refractivity contribution in [2.75, 3.05) is 5.32 Å². The summed E-state index contributed by atoms with van der Waals surface area (Å²) in [7, 11) is 0. The summed E-state index contributed by atoms with van der Waals surface area (Å²) < 4.78 is 0. The van der Waals surface area contributed by atoms with Crippen molar-refractivity contribution in [1.29, 1.82) is 0 Å². The minimum Gasteiger partial charge on any atom is -0.480 e. The minimum absolute atomic E-state index is 0.401. The summed E-state index contributed by atoms with van der Waals surface area (Å²) >= 11 is 5.95. The van der Waals surface area contributed by atoms with E-state index in [9.17, 15) is 9.59 Å². The van der Waals surface area contributed by atoms with E-state index in [1.54, 1.807) is 25.1 Å². The number of nitrogens with one attached hydrogen (secondary N) is 2. The zero-order chi connectivity index (χ0) is 13.9. The number of hydrogen-bond donors (Lipinski definition) is 3. The maximum absolute atomic E-state index is 11.7. The molecular formula is C12H15ClN2O3. The molecule has 0 unspecified atom stereocenters. The second-order valence-electron chi connectivity index (χ2n) is 4.44. The molecule has 18 heavy (non-hydrogen) atoms. The molecule has 5 nitrogen and oxygen atoms in total. The van der Waals surface area contributed by atoms with Crippen molar-refractivity contribution in [2.24, 2.45) is 0 Å². The van der Waals surface area contributed by atoms with Crippen LogP contribution in [0.25, 0.3) is 0 Å². The number of carboxylic acid groups (broad SMARTS) is 1. The molecule has 0 aliphatic heterocycles. The smallest absolute Gasteiger partial charge is 0.328 e. The summed E-state index contributed by atoms with van der Waals surface area (Å²) in [6, 6.07) is 4.59. The minimum atomic E-state index is -1.35. The first kappa shape index (κ1) is 14.3. The third-order valence-corrected chi connectivity index (χ3v) is 2.74. The van der Waals surface area contributed by atoms with Crippen LogP contribution >= 0.6 is 11.6 Å². The van der Waals surface area contributed by atoms with Crippen LogP contribution in [0.15, 0.2) is 18.2 Å². The number of anilines is 1. The maximum atomic E-state index is 11.7. The van der Waals surface area contributed by atoms with Crippen molar-refractivity contribution in [1.82, 2.24) is 5.32 Å². The number of aliphatic carboxylic acids is 1. The summed E-state index contributed by atoms with van der Waals surface area (Å²) in [6.45, 7) is 4.59. The van der Waals surface area contributed by atoms with E-state index in [0.29, 0.717) is 10.7 Å². The van der Waals surface area contributed by atoms with Gasteiger partial charge in [-0.1, -0.05) is 23.7 Å². The third-order valence-electron chi connectivity index (χ3n) is 2.42. The predicted molar refractivity (Wildman–Crippen MR) is 70.1 cm³/mol. The molecule has 0 aliphatic rings. The van der Waals surface area contributed by atoms with Gasteiger partial charge in [-0.05, 0) is 32.4 Å². The standard InChI is InChI=1S/C12H15ClN2O3/c1-7-5-4-6-8(13)9(7)14-11(18)15-12(2,3)10(16)17/h4-6H,1-3H3,(H,16,17)(H2,14,15,18). The SMILES string of the molecule is Cc1cccc(Cl)c1NC(=O)NC(C)(C)C(=O)O. The van der Waals surface area contributed by atoms with Crippen molar-refractivity contribution in [3.05, 3.63) is 28.8 Å². The van der Waals surface area contributed by atoms with Crippen LogP contribution in [-0.2, 0) is 4.79 Å². The highest BCUT2D eigenvalue weighted by atomic mass is 35.5. The molecule has 3 N–H and O–H groups in total. The molecule has 0 heterocycles. The zero-order valence-electron chi connectivity index (χ0n) is 10.4. The lowest BCUT2D eigenvalue weighted by molar-refractivity contribution is -0.142. The van der Waals surface area contributed by atoms with Crippen LogP contribution in [0.3, 0.4) is 0 Å². The quantitative estimate of drug-likeness (QED) is 0.790. The van der Waals surface area contributed by atoms with E-state index in [1.165, 1.54) is 13.8 Å². The Bertz CT molecular complexity index is 466. The monoisotopic (exact) mass is 270 g/mol. The topological polar surface area (TPSA) is 78.4 Å². The molecular weight excluding hydrogens is 256 g/mol. The molecule has 1 aromatic carbocycles. The van der Waals surface area contributed by atoms with Gasteiger partial charge >= 0.3 is 12.0 Å². The van der Waals surface area contributed by atoms with Gasteiger partial charge in [0.15, 0.2) is 0 Å². The van der Waals surface area contributed by atoms with Gasteiger partial charge < -0.3 is 15.7 Å². The number of urea groups is 1. The fourth-order valence-corrected chi connectivity index (χ4v) is 1.54. The molecule has 0 aliphatic carbocycles. The Hall–Kier alpha value is -1.75. The second kappa shape index (κ2) is 5.27. The zero-order valence-corrected chi connectivity index (χ0v) is 11.1. The number of carbonyl (C=O) groups is 2. The van der Waals surface area contributed by atoms with E-state index >= 15 is 0 Å². The Morgan fingerprint density at radius 3 is 2.44 bits per heavy atom. The number of halogens is 1.